The van der Waals surface area contributed by atoms with E-state index in [4.69, 9.17) is 15.2 Å². The summed E-state index contributed by atoms with van der Waals surface area (Å²) in [6.07, 6.45) is -0.228. The van der Waals surface area contributed by atoms with Crippen LogP contribution in [-0.4, -0.2) is 32.2 Å². The molecule has 0 saturated heterocycles. The van der Waals surface area contributed by atoms with Gasteiger partial charge in [-0.2, -0.15) is 0 Å². The average molecular weight is 303 g/mol. The van der Waals surface area contributed by atoms with Crippen LogP contribution in [0.5, 0.6) is 5.75 Å². The first-order chi connectivity index (χ1) is 8.99. The van der Waals surface area contributed by atoms with Gasteiger partial charge in [0.25, 0.3) is 0 Å². The van der Waals surface area contributed by atoms with Crippen molar-refractivity contribution in [3.05, 3.63) is 29.8 Å². The van der Waals surface area contributed by atoms with Crippen molar-refractivity contribution in [3.8, 4) is 5.75 Å². The maximum atomic E-state index is 11.6. The molecule has 0 saturated carbocycles. The number of halogens is 1. The minimum absolute atomic E-state index is 0. The van der Waals surface area contributed by atoms with Crippen LogP contribution in [0.15, 0.2) is 24.3 Å². The molecule has 0 bridgehead atoms. The number of rotatable bonds is 6. The standard InChI is InChI=1S/C14H22N2O3.ClH/c1-9(15)14(17)16-10(2)13(19-4)11-5-7-12(18-3)8-6-11;/h5-10,13H,15H2,1-4H3,(H,16,17);1H/t9-,10?,13?;/m1./s1. The summed E-state index contributed by atoms with van der Waals surface area (Å²) in [7, 11) is 3.23. The second kappa shape index (κ2) is 8.79. The monoisotopic (exact) mass is 302 g/mol. The summed E-state index contributed by atoms with van der Waals surface area (Å²) in [5.41, 5.74) is 6.51. The highest BCUT2D eigenvalue weighted by Gasteiger charge is 2.21. The van der Waals surface area contributed by atoms with E-state index in [1.54, 1.807) is 21.1 Å². The fraction of sp³-hybridized carbons (Fsp3) is 0.500. The van der Waals surface area contributed by atoms with Crippen molar-refractivity contribution in [2.24, 2.45) is 5.73 Å². The largest absolute Gasteiger partial charge is 0.497 e. The molecule has 20 heavy (non-hydrogen) atoms. The minimum Gasteiger partial charge on any atom is -0.497 e. The van der Waals surface area contributed by atoms with Crippen molar-refractivity contribution in [1.29, 1.82) is 0 Å². The number of carbonyl (C=O) groups is 1. The highest BCUT2D eigenvalue weighted by atomic mass is 35.5. The van der Waals surface area contributed by atoms with Crippen LogP contribution in [0.4, 0.5) is 0 Å². The van der Waals surface area contributed by atoms with E-state index >= 15 is 0 Å². The van der Waals surface area contributed by atoms with Gasteiger partial charge in [-0.1, -0.05) is 12.1 Å². The van der Waals surface area contributed by atoms with E-state index in [0.29, 0.717) is 0 Å². The number of nitrogens with two attached hydrogens (primary N) is 1. The Labute approximate surface area is 126 Å². The van der Waals surface area contributed by atoms with E-state index < -0.39 is 6.04 Å². The van der Waals surface area contributed by atoms with Crippen molar-refractivity contribution in [1.82, 2.24) is 5.32 Å². The lowest BCUT2D eigenvalue weighted by atomic mass is 10.0. The Bertz CT molecular complexity index is 409. The van der Waals surface area contributed by atoms with Gasteiger partial charge in [0, 0.05) is 7.11 Å². The van der Waals surface area contributed by atoms with Gasteiger partial charge in [-0.25, -0.2) is 0 Å². The lowest BCUT2D eigenvalue weighted by Gasteiger charge is -2.25. The van der Waals surface area contributed by atoms with Crippen LogP contribution < -0.4 is 15.8 Å². The molecule has 114 valence electrons. The SMILES string of the molecule is COc1ccc(C(OC)C(C)NC(=O)[C@@H](C)N)cc1.Cl. The van der Waals surface area contributed by atoms with Crippen LogP contribution in [0.2, 0.25) is 0 Å². The smallest absolute Gasteiger partial charge is 0.236 e. The summed E-state index contributed by atoms with van der Waals surface area (Å²) in [4.78, 5) is 11.6. The van der Waals surface area contributed by atoms with Gasteiger partial charge in [0.1, 0.15) is 11.9 Å². The van der Waals surface area contributed by atoms with E-state index in [1.807, 2.05) is 31.2 Å². The fourth-order valence-corrected chi connectivity index (χ4v) is 1.85. The molecule has 0 radical (unpaired) electrons. The molecule has 6 heteroatoms. The van der Waals surface area contributed by atoms with Gasteiger partial charge in [0.2, 0.25) is 5.91 Å². The molecule has 0 aliphatic carbocycles. The molecule has 0 spiro atoms. The van der Waals surface area contributed by atoms with Crippen molar-refractivity contribution in [2.75, 3.05) is 14.2 Å². The number of hydrogen-bond donors (Lipinski definition) is 2. The number of amides is 1. The molecule has 1 rings (SSSR count). The molecule has 0 aliphatic heterocycles. The third-order valence-electron chi connectivity index (χ3n) is 2.94. The predicted molar refractivity (Wildman–Crippen MR) is 81.2 cm³/mol. The van der Waals surface area contributed by atoms with E-state index in [9.17, 15) is 4.79 Å². The molecule has 1 aromatic rings. The van der Waals surface area contributed by atoms with Crippen LogP contribution in [-0.2, 0) is 9.53 Å². The first-order valence-electron chi connectivity index (χ1n) is 6.22. The third kappa shape index (κ3) is 5.00. The summed E-state index contributed by atoms with van der Waals surface area (Å²) < 4.78 is 10.6. The van der Waals surface area contributed by atoms with Crippen LogP contribution >= 0.6 is 12.4 Å². The van der Waals surface area contributed by atoms with Crippen molar-refractivity contribution < 1.29 is 14.3 Å². The van der Waals surface area contributed by atoms with E-state index in [-0.39, 0.29) is 30.5 Å². The molecule has 0 fully saturated rings. The second-order valence-corrected chi connectivity index (χ2v) is 4.52. The summed E-state index contributed by atoms with van der Waals surface area (Å²) in [6, 6.07) is 6.86. The summed E-state index contributed by atoms with van der Waals surface area (Å²) in [6.45, 7) is 3.54. The van der Waals surface area contributed by atoms with Gasteiger partial charge in [0.15, 0.2) is 0 Å². The van der Waals surface area contributed by atoms with Gasteiger partial charge in [-0.15, -0.1) is 12.4 Å². The minimum atomic E-state index is -0.532. The maximum absolute atomic E-state index is 11.6. The molecule has 0 heterocycles. The molecule has 0 aliphatic rings. The normalized spacial score (nSPS) is 14.7. The zero-order valence-electron chi connectivity index (χ0n) is 12.3. The van der Waals surface area contributed by atoms with Gasteiger partial charge in [-0.05, 0) is 31.5 Å². The van der Waals surface area contributed by atoms with Gasteiger partial charge in [-0.3, -0.25) is 4.79 Å². The summed E-state index contributed by atoms with van der Waals surface area (Å²) in [5, 5.41) is 2.84. The Hall–Kier alpha value is -1.30. The molecular weight excluding hydrogens is 280 g/mol. The molecule has 1 aromatic carbocycles. The lowest BCUT2D eigenvalue weighted by Crippen LogP contribution is -2.45. The molecule has 0 aromatic heterocycles. The highest BCUT2D eigenvalue weighted by molar-refractivity contribution is 5.85. The molecular formula is C14H23ClN2O3. The maximum Gasteiger partial charge on any atom is 0.236 e. The Morgan fingerprint density at radius 3 is 2.15 bits per heavy atom. The number of ether oxygens (including phenoxy) is 2. The number of methoxy groups -OCH3 is 2. The Kier molecular flexibility index (Phi) is 8.22. The van der Waals surface area contributed by atoms with Crippen LogP contribution in [0.1, 0.15) is 25.5 Å². The predicted octanol–water partition coefficient (Wildman–Crippen LogP) is 1.66. The quantitative estimate of drug-likeness (QED) is 0.838. The van der Waals surface area contributed by atoms with Gasteiger partial charge in [0.05, 0.1) is 19.2 Å². The Morgan fingerprint density at radius 1 is 1.20 bits per heavy atom. The fourth-order valence-electron chi connectivity index (χ4n) is 1.85. The van der Waals surface area contributed by atoms with E-state index in [1.165, 1.54) is 0 Å². The second-order valence-electron chi connectivity index (χ2n) is 4.52. The highest BCUT2D eigenvalue weighted by Crippen LogP contribution is 2.23. The summed E-state index contributed by atoms with van der Waals surface area (Å²) in [5.74, 6) is 0.592. The first-order valence-corrected chi connectivity index (χ1v) is 6.22. The average Bonchev–Trinajstić information content (AvgIpc) is 2.40. The lowest BCUT2D eigenvalue weighted by molar-refractivity contribution is -0.123. The van der Waals surface area contributed by atoms with E-state index in [2.05, 4.69) is 5.32 Å². The first kappa shape index (κ1) is 18.7. The van der Waals surface area contributed by atoms with Crippen LogP contribution in [0.25, 0.3) is 0 Å². The molecule has 2 unspecified atom stereocenters. The topological polar surface area (TPSA) is 73.6 Å². The number of nitrogens with one attached hydrogen (secondary N) is 1. The van der Waals surface area contributed by atoms with Gasteiger partial charge >= 0.3 is 0 Å². The van der Waals surface area contributed by atoms with Crippen LogP contribution in [0.3, 0.4) is 0 Å². The van der Waals surface area contributed by atoms with Crippen molar-refractivity contribution in [2.45, 2.75) is 32.0 Å². The number of benzene rings is 1. The Balaban J connectivity index is 0.00000361. The third-order valence-corrected chi connectivity index (χ3v) is 2.94. The van der Waals surface area contributed by atoms with Crippen molar-refractivity contribution in [3.63, 3.8) is 0 Å². The Morgan fingerprint density at radius 2 is 1.75 bits per heavy atom. The number of hydrogen-bond acceptors (Lipinski definition) is 4. The molecule has 1 amide bonds. The van der Waals surface area contributed by atoms with Crippen LogP contribution in [0, 0.1) is 0 Å². The zero-order valence-corrected chi connectivity index (χ0v) is 13.1. The van der Waals surface area contributed by atoms with Gasteiger partial charge < -0.3 is 20.5 Å². The number of carbonyl (C=O) groups excluding carboxylic acids is 1. The van der Waals surface area contributed by atoms with Crippen molar-refractivity contribution >= 4 is 18.3 Å². The summed E-state index contributed by atoms with van der Waals surface area (Å²) >= 11 is 0. The zero-order chi connectivity index (χ0) is 14.4. The molecule has 3 N–H and O–H groups in total. The van der Waals surface area contributed by atoms with E-state index in [0.717, 1.165) is 11.3 Å². The molecule has 3 atom stereocenters. The molecule has 5 nitrogen and oxygen atoms in total.